The van der Waals surface area contributed by atoms with Crippen LogP contribution in [0.2, 0.25) is 0 Å². The van der Waals surface area contributed by atoms with E-state index in [9.17, 15) is 4.79 Å². The van der Waals surface area contributed by atoms with Gasteiger partial charge in [0.25, 0.3) is 0 Å². The highest BCUT2D eigenvalue weighted by Gasteiger charge is 2.18. The van der Waals surface area contributed by atoms with Gasteiger partial charge in [0.05, 0.1) is 12.5 Å². The molecule has 0 bridgehead atoms. The highest BCUT2D eigenvalue weighted by atomic mass is 16.5. The summed E-state index contributed by atoms with van der Waals surface area (Å²) in [6.45, 7) is 1.89. The van der Waals surface area contributed by atoms with Gasteiger partial charge in [-0.05, 0) is 19.8 Å². The predicted molar refractivity (Wildman–Crippen MR) is 114 cm³/mol. The van der Waals surface area contributed by atoms with Crippen LogP contribution in [0.15, 0.2) is 65.1 Å². The van der Waals surface area contributed by atoms with Crippen molar-refractivity contribution in [2.75, 3.05) is 0 Å². The molecule has 0 aliphatic heterocycles. The van der Waals surface area contributed by atoms with E-state index in [2.05, 4.69) is 10.9 Å². The van der Waals surface area contributed by atoms with Gasteiger partial charge < -0.3 is 9.15 Å². The Labute approximate surface area is 171 Å². The van der Waals surface area contributed by atoms with Gasteiger partial charge in [0.2, 0.25) is 0 Å². The molecule has 4 heteroatoms. The van der Waals surface area contributed by atoms with Gasteiger partial charge in [-0.15, -0.1) is 12.3 Å². The quantitative estimate of drug-likeness (QED) is 0.269. The molecule has 29 heavy (non-hydrogen) atoms. The number of terminal acetylenes is 1. The minimum atomic E-state index is -0.251. The largest absolute Gasteiger partial charge is 0.463 e. The Kier molecular flexibility index (Phi) is 7.24. The highest BCUT2D eigenvalue weighted by molar-refractivity contribution is 5.77. The smallest absolute Gasteiger partial charge is 0.306 e. The standard InChI is InChI=1S/C25H25NO3/c1-3-4-7-12-19(2)28-23(27)18-17-22-26-24(20-13-8-5-9-14-20)25(29-22)21-15-10-6-11-16-21/h1,5-6,8-11,13-16,19H,4,7,12,17-18H2,2H3. The molecule has 148 valence electrons. The molecule has 0 aliphatic carbocycles. The number of benzene rings is 2. The molecule has 1 unspecified atom stereocenters. The molecule has 0 aliphatic rings. The first-order valence-electron chi connectivity index (χ1n) is 9.91. The number of ether oxygens (including phenoxy) is 1. The van der Waals surface area contributed by atoms with Crippen LogP contribution < -0.4 is 0 Å². The van der Waals surface area contributed by atoms with Crippen LogP contribution in [0.1, 0.15) is 38.5 Å². The van der Waals surface area contributed by atoms with Crippen molar-refractivity contribution in [3.05, 3.63) is 66.6 Å². The summed E-state index contributed by atoms with van der Waals surface area (Å²) >= 11 is 0. The Morgan fingerprint density at radius 1 is 1.10 bits per heavy atom. The van der Waals surface area contributed by atoms with E-state index < -0.39 is 0 Å². The summed E-state index contributed by atoms with van der Waals surface area (Å²) in [5.74, 6) is 3.58. The van der Waals surface area contributed by atoms with Crippen LogP contribution in [0.4, 0.5) is 0 Å². The topological polar surface area (TPSA) is 52.3 Å². The van der Waals surface area contributed by atoms with Crippen molar-refractivity contribution in [2.24, 2.45) is 0 Å². The number of hydrogen-bond acceptors (Lipinski definition) is 4. The molecule has 0 saturated heterocycles. The molecule has 1 atom stereocenters. The van der Waals surface area contributed by atoms with Gasteiger partial charge in [0, 0.05) is 24.0 Å². The molecule has 3 rings (SSSR count). The molecular weight excluding hydrogens is 362 g/mol. The van der Waals surface area contributed by atoms with E-state index in [1.54, 1.807) is 0 Å². The first kappa shape index (κ1) is 20.4. The zero-order valence-corrected chi connectivity index (χ0v) is 16.6. The first-order chi connectivity index (χ1) is 14.2. The van der Waals surface area contributed by atoms with E-state index in [4.69, 9.17) is 15.6 Å². The molecule has 0 radical (unpaired) electrons. The van der Waals surface area contributed by atoms with Crippen LogP contribution in [0, 0.1) is 12.3 Å². The fourth-order valence-electron chi connectivity index (χ4n) is 3.09. The lowest BCUT2D eigenvalue weighted by Crippen LogP contribution is -2.15. The molecule has 1 aromatic heterocycles. The molecule has 0 spiro atoms. The second-order valence-electron chi connectivity index (χ2n) is 6.91. The average Bonchev–Trinajstić information content (AvgIpc) is 3.18. The summed E-state index contributed by atoms with van der Waals surface area (Å²) in [7, 11) is 0. The van der Waals surface area contributed by atoms with Crippen LogP contribution >= 0.6 is 0 Å². The van der Waals surface area contributed by atoms with E-state index in [-0.39, 0.29) is 18.5 Å². The van der Waals surface area contributed by atoms with Crippen LogP contribution in [0.3, 0.4) is 0 Å². The summed E-state index contributed by atoms with van der Waals surface area (Å²) in [5.41, 5.74) is 2.71. The van der Waals surface area contributed by atoms with Gasteiger partial charge in [0.15, 0.2) is 11.7 Å². The molecule has 4 nitrogen and oxygen atoms in total. The fourth-order valence-corrected chi connectivity index (χ4v) is 3.09. The highest BCUT2D eigenvalue weighted by Crippen LogP contribution is 2.32. The fraction of sp³-hybridized carbons (Fsp3) is 0.280. The van der Waals surface area contributed by atoms with Crippen molar-refractivity contribution in [3.8, 4) is 34.9 Å². The number of nitrogens with zero attached hydrogens (tertiary/aromatic N) is 1. The number of oxazole rings is 1. The SMILES string of the molecule is C#CCCCC(C)OC(=O)CCc1nc(-c2ccccc2)c(-c2ccccc2)o1. The van der Waals surface area contributed by atoms with E-state index in [0.717, 1.165) is 29.7 Å². The normalized spacial score (nSPS) is 11.6. The van der Waals surface area contributed by atoms with Crippen LogP contribution in [0.5, 0.6) is 0 Å². The number of carbonyl (C=O) groups excluding carboxylic acids is 1. The second kappa shape index (κ2) is 10.3. The molecule has 3 aromatic rings. The van der Waals surface area contributed by atoms with Crippen molar-refractivity contribution in [3.63, 3.8) is 0 Å². The van der Waals surface area contributed by atoms with E-state index in [1.165, 1.54) is 0 Å². The van der Waals surface area contributed by atoms with E-state index in [0.29, 0.717) is 24.5 Å². The Balaban J connectivity index is 1.70. The predicted octanol–water partition coefficient (Wildman–Crippen LogP) is 5.68. The minimum Gasteiger partial charge on any atom is -0.463 e. The maximum Gasteiger partial charge on any atom is 0.306 e. The molecule has 0 saturated carbocycles. The Bertz CT molecular complexity index is 898. The van der Waals surface area contributed by atoms with Crippen molar-refractivity contribution < 1.29 is 13.9 Å². The third-order valence-electron chi connectivity index (χ3n) is 4.56. The third-order valence-corrected chi connectivity index (χ3v) is 4.56. The molecule has 2 aromatic carbocycles. The summed E-state index contributed by atoms with van der Waals surface area (Å²) in [5, 5.41) is 0. The number of hydrogen-bond donors (Lipinski definition) is 0. The lowest BCUT2D eigenvalue weighted by atomic mass is 10.1. The number of unbranched alkanes of at least 4 members (excludes halogenated alkanes) is 1. The molecule has 0 N–H and O–H groups in total. The third kappa shape index (κ3) is 5.83. The van der Waals surface area contributed by atoms with Crippen molar-refractivity contribution >= 4 is 5.97 Å². The van der Waals surface area contributed by atoms with Gasteiger partial charge in [-0.3, -0.25) is 4.79 Å². The summed E-state index contributed by atoms with van der Waals surface area (Å²) in [6, 6.07) is 19.8. The van der Waals surface area contributed by atoms with E-state index in [1.807, 2.05) is 67.6 Å². The van der Waals surface area contributed by atoms with Gasteiger partial charge in [-0.2, -0.15) is 0 Å². The number of rotatable bonds is 9. The zero-order chi connectivity index (χ0) is 20.5. The Hall–Kier alpha value is -3.32. The Morgan fingerprint density at radius 3 is 2.41 bits per heavy atom. The molecule has 0 amide bonds. The molecule has 0 fully saturated rings. The van der Waals surface area contributed by atoms with Gasteiger partial charge in [0.1, 0.15) is 5.69 Å². The summed E-state index contributed by atoms with van der Waals surface area (Å²) < 4.78 is 11.5. The zero-order valence-electron chi connectivity index (χ0n) is 16.6. The number of carbonyl (C=O) groups is 1. The van der Waals surface area contributed by atoms with Gasteiger partial charge >= 0.3 is 5.97 Å². The van der Waals surface area contributed by atoms with Crippen LogP contribution in [-0.2, 0) is 16.0 Å². The molecular formula is C25H25NO3. The van der Waals surface area contributed by atoms with Crippen LogP contribution in [0.25, 0.3) is 22.6 Å². The van der Waals surface area contributed by atoms with Gasteiger partial charge in [-0.25, -0.2) is 4.98 Å². The first-order valence-corrected chi connectivity index (χ1v) is 9.91. The number of aromatic nitrogens is 1. The van der Waals surface area contributed by atoms with Gasteiger partial charge in [-0.1, -0.05) is 60.7 Å². The van der Waals surface area contributed by atoms with Crippen molar-refractivity contribution in [1.29, 1.82) is 0 Å². The van der Waals surface area contributed by atoms with Crippen LogP contribution in [-0.4, -0.2) is 17.1 Å². The van der Waals surface area contributed by atoms with Crippen molar-refractivity contribution in [2.45, 2.75) is 45.1 Å². The number of esters is 1. The average molecular weight is 387 g/mol. The summed E-state index contributed by atoms with van der Waals surface area (Å²) in [6.07, 6.45) is 8.05. The minimum absolute atomic E-state index is 0.139. The monoisotopic (exact) mass is 387 g/mol. The molecule has 1 heterocycles. The van der Waals surface area contributed by atoms with E-state index >= 15 is 0 Å². The maximum atomic E-state index is 12.2. The maximum absolute atomic E-state index is 12.2. The lowest BCUT2D eigenvalue weighted by molar-refractivity contribution is -0.148. The second-order valence-corrected chi connectivity index (χ2v) is 6.91. The van der Waals surface area contributed by atoms with Crippen molar-refractivity contribution in [1.82, 2.24) is 4.98 Å². The Morgan fingerprint density at radius 2 is 1.76 bits per heavy atom. The summed E-state index contributed by atoms with van der Waals surface area (Å²) in [4.78, 5) is 16.8. The lowest BCUT2D eigenvalue weighted by Gasteiger charge is -2.11. The number of aryl methyl sites for hydroxylation is 1.